The second kappa shape index (κ2) is 3.78. The molecule has 0 radical (unpaired) electrons. The molecule has 80 valence electrons. The Morgan fingerprint density at radius 3 is 2.60 bits per heavy atom. The fraction of sp³-hybridized carbons (Fsp3) is 0.462. The minimum Gasteiger partial charge on any atom is -0.308 e. The molecule has 15 heavy (non-hydrogen) atoms. The molecule has 2 rings (SSSR count). The van der Waals surface area contributed by atoms with Crippen LogP contribution in [0, 0.1) is 0 Å². The predicted octanol–water partition coefficient (Wildman–Crippen LogP) is 1.72. The van der Waals surface area contributed by atoms with Crippen molar-refractivity contribution in [2.75, 3.05) is 7.05 Å². The fourth-order valence-electron chi connectivity index (χ4n) is 2.43. The number of ketones is 1. The first-order valence-corrected chi connectivity index (χ1v) is 5.45. The highest BCUT2D eigenvalue weighted by Gasteiger charge is 2.36. The molecule has 1 aromatic carbocycles. The normalized spacial score (nSPS) is 24.7. The van der Waals surface area contributed by atoms with E-state index in [1.54, 1.807) is 6.92 Å². The molecule has 0 spiro atoms. The highest BCUT2D eigenvalue weighted by Crippen LogP contribution is 2.29. The molecule has 0 unspecified atom stereocenters. The molecule has 1 aliphatic rings. The van der Waals surface area contributed by atoms with Gasteiger partial charge < -0.3 is 5.32 Å². The molecule has 1 aliphatic carbocycles. The number of likely N-dealkylation sites (N-methyl/N-ethyl adjacent to an activating group) is 1. The van der Waals surface area contributed by atoms with E-state index in [1.165, 1.54) is 11.1 Å². The smallest absolute Gasteiger partial charge is 0.150 e. The van der Waals surface area contributed by atoms with Gasteiger partial charge in [0.05, 0.1) is 5.54 Å². The van der Waals surface area contributed by atoms with Gasteiger partial charge in [-0.05, 0) is 44.4 Å². The van der Waals surface area contributed by atoms with Gasteiger partial charge in [-0.15, -0.1) is 0 Å². The zero-order valence-corrected chi connectivity index (χ0v) is 9.34. The Hall–Kier alpha value is -1.15. The van der Waals surface area contributed by atoms with E-state index in [0.717, 1.165) is 19.3 Å². The van der Waals surface area contributed by atoms with E-state index in [1.807, 2.05) is 13.1 Å². The minimum absolute atomic E-state index is 0.250. The second-order valence-corrected chi connectivity index (χ2v) is 4.33. The number of carbonyl (C=O) groups excluding carboxylic acids is 1. The standard InChI is InChI=1S/C13H17NO/c1-10(15)13(14-2)8-7-11-5-3-4-6-12(11)9-13/h3-6,14H,7-9H2,1-2H3/t13-/m0/s1. The SMILES string of the molecule is CN[C@@]1(C(C)=O)CCc2ccccc2C1. The fourth-order valence-corrected chi connectivity index (χ4v) is 2.43. The Balaban J connectivity index is 2.35. The Morgan fingerprint density at radius 1 is 1.33 bits per heavy atom. The number of Topliss-reactive ketones (excluding diaryl/α,β-unsaturated/α-hetero) is 1. The Bertz CT molecular complexity index is 386. The van der Waals surface area contributed by atoms with Gasteiger partial charge in [0.1, 0.15) is 5.78 Å². The quantitative estimate of drug-likeness (QED) is 0.793. The average molecular weight is 203 g/mol. The van der Waals surface area contributed by atoms with Crippen LogP contribution in [0.2, 0.25) is 0 Å². The lowest BCUT2D eigenvalue weighted by Crippen LogP contribution is -2.53. The van der Waals surface area contributed by atoms with Gasteiger partial charge in [-0.2, -0.15) is 0 Å². The topological polar surface area (TPSA) is 29.1 Å². The average Bonchev–Trinajstić information content (AvgIpc) is 2.28. The van der Waals surface area contributed by atoms with E-state index in [0.29, 0.717) is 0 Å². The summed E-state index contributed by atoms with van der Waals surface area (Å²) < 4.78 is 0. The van der Waals surface area contributed by atoms with Gasteiger partial charge in [0, 0.05) is 0 Å². The molecule has 0 saturated carbocycles. The lowest BCUT2D eigenvalue weighted by molar-refractivity contribution is -0.123. The third-order valence-corrected chi connectivity index (χ3v) is 3.58. The summed E-state index contributed by atoms with van der Waals surface area (Å²) in [5, 5.41) is 3.21. The summed E-state index contributed by atoms with van der Waals surface area (Å²) in [6, 6.07) is 8.41. The molecular weight excluding hydrogens is 186 g/mol. The zero-order valence-electron chi connectivity index (χ0n) is 9.34. The van der Waals surface area contributed by atoms with Crippen molar-refractivity contribution in [1.29, 1.82) is 0 Å². The summed E-state index contributed by atoms with van der Waals surface area (Å²) in [4.78, 5) is 11.7. The third-order valence-electron chi connectivity index (χ3n) is 3.58. The lowest BCUT2D eigenvalue weighted by Gasteiger charge is -2.35. The van der Waals surface area contributed by atoms with E-state index in [-0.39, 0.29) is 11.3 Å². The van der Waals surface area contributed by atoms with Gasteiger partial charge in [-0.25, -0.2) is 0 Å². The first kappa shape index (κ1) is 10.4. The van der Waals surface area contributed by atoms with Crippen LogP contribution in [0.1, 0.15) is 24.5 Å². The van der Waals surface area contributed by atoms with Crippen LogP contribution in [0.15, 0.2) is 24.3 Å². The molecule has 0 aliphatic heterocycles. The summed E-state index contributed by atoms with van der Waals surface area (Å²) in [5.74, 6) is 0.250. The first-order valence-electron chi connectivity index (χ1n) is 5.45. The van der Waals surface area contributed by atoms with Crippen LogP contribution in [0.25, 0.3) is 0 Å². The molecule has 1 N–H and O–H groups in total. The van der Waals surface area contributed by atoms with Crippen LogP contribution >= 0.6 is 0 Å². The van der Waals surface area contributed by atoms with Crippen molar-refractivity contribution in [2.24, 2.45) is 0 Å². The monoisotopic (exact) mass is 203 g/mol. The molecule has 0 bridgehead atoms. The number of fused-ring (bicyclic) bond motifs is 1. The van der Waals surface area contributed by atoms with Gasteiger partial charge >= 0.3 is 0 Å². The van der Waals surface area contributed by atoms with Crippen molar-refractivity contribution in [3.8, 4) is 0 Å². The van der Waals surface area contributed by atoms with Gasteiger partial charge in [0.2, 0.25) is 0 Å². The minimum atomic E-state index is -0.325. The maximum atomic E-state index is 11.7. The summed E-state index contributed by atoms with van der Waals surface area (Å²) in [5.41, 5.74) is 2.38. The van der Waals surface area contributed by atoms with Crippen molar-refractivity contribution in [3.63, 3.8) is 0 Å². The van der Waals surface area contributed by atoms with Crippen LogP contribution in [0.3, 0.4) is 0 Å². The molecule has 1 aromatic rings. The molecule has 0 amide bonds. The van der Waals surface area contributed by atoms with Crippen molar-refractivity contribution in [2.45, 2.75) is 31.7 Å². The van der Waals surface area contributed by atoms with E-state index in [9.17, 15) is 4.79 Å². The number of nitrogens with one attached hydrogen (secondary N) is 1. The van der Waals surface area contributed by atoms with Crippen LogP contribution in [0.5, 0.6) is 0 Å². The van der Waals surface area contributed by atoms with Crippen molar-refractivity contribution in [1.82, 2.24) is 5.32 Å². The number of aryl methyl sites for hydroxylation is 1. The largest absolute Gasteiger partial charge is 0.308 e. The molecule has 2 nitrogen and oxygen atoms in total. The number of hydrogen-bond donors (Lipinski definition) is 1. The van der Waals surface area contributed by atoms with Gasteiger partial charge in [0.15, 0.2) is 0 Å². The Morgan fingerprint density at radius 2 is 2.00 bits per heavy atom. The number of carbonyl (C=O) groups is 1. The van der Waals surface area contributed by atoms with E-state index < -0.39 is 0 Å². The lowest BCUT2D eigenvalue weighted by atomic mass is 9.76. The number of rotatable bonds is 2. The zero-order chi connectivity index (χ0) is 10.9. The molecule has 0 aromatic heterocycles. The van der Waals surface area contributed by atoms with E-state index in [2.05, 4.69) is 23.5 Å². The predicted molar refractivity (Wildman–Crippen MR) is 60.9 cm³/mol. The molecule has 2 heteroatoms. The van der Waals surface area contributed by atoms with Gasteiger partial charge in [-0.1, -0.05) is 24.3 Å². The summed E-state index contributed by atoms with van der Waals surface area (Å²) in [6.45, 7) is 1.68. The first-order chi connectivity index (χ1) is 7.18. The van der Waals surface area contributed by atoms with Crippen molar-refractivity contribution < 1.29 is 4.79 Å². The van der Waals surface area contributed by atoms with E-state index >= 15 is 0 Å². The van der Waals surface area contributed by atoms with Gasteiger partial charge in [0.25, 0.3) is 0 Å². The summed E-state index contributed by atoms with van der Waals surface area (Å²) in [7, 11) is 1.88. The summed E-state index contributed by atoms with van der Waals surface area (Å²) in [6.07, 6.45) is 2.74. The van der Waals surface area contributed by atoms with Crippen molar-refractivity contribution >= 4 is 5.78 Å². The Kier molecular flexibility index (Phi) is 2.61. The van der Waals surface area contributed by atoms with Crippen LogP contribution in [-0.4, -0.2) is 18.4 Å². The van der Waals surface area contributed by atoms with E-state index in [4.69, 9.17) is 0 Å². The highest BCUT2D eigenvalue weighted by atomic mass is 16.1. The molecule has 0 heterocycles. The van der Waals surface area contributed by atoms with Gasteiger partial charge in [-0.3, -0.25) is 4.79 Å². The maximum Gasteiger partial charge on any atom is 0.150 e. The van der Waals surface area contributed by atoms with Crippen LogP contribution in [-0.2, 0) is 17.6 Å². The van der Waals surface area contributed by atoms with Crippen LogP contribution < -0.4 is 5.32 Å². The molecule has 0 fully saturated rings. The number of benzene rings is 1. The highest BCUT2D eigenvalue weighted by molar-refractivity contribution is 5.86. The maximum absolute atomic E-state index is 11.7. The second-order valence-electron chi connectivity index (χ2n) is 4.33. The third kappa shape index (κ3) is 1.70. The molecular formula is C13H17NO. The van der Waals surface area contributed by atoms with Crippen molar-refractivity contribution in [3.05, 3.63) is 35.4 Å². The molecule has 1 atom stereocenters. The molecule has 0 saturated heterocycles. The van der Waals surface area contributed by atoms with Crippen LogP contribution in [0.4, 0.5) is 0 Å². The number of hydrogen-bond acceptors (Lipinski definition) is 2. The summed E-state index contributed by atoms with van der Waals surface area (Å²) >= 11 is 0. The Labute approximate surface area is 90.7 Å².